The molecule has 0 radical (unpaired) electrons. The Labute approximate surface area is 145 Å². The molecule has 3 rings (SSSR count). The molecule has 25 heavy (non-hydrogen) atoms. The highest BCUT2D eigenvalue weighted by atomic mass is 35.5. The summed E-state index contributed by atoms with van der Waals surface area (Å²) in [7, 11) is 0. The van der Waals surface area contributed by atoms with Crippen molar-refractivity contribution in [3.8, 4) is 0 Å². The number of aliphatic hydroxyl groups is 1. The molecule has 132 valence electrons. The van der Waals surface area contributed by atoms with Crippen molar-refractivity contribution < 1.29 is 22.7 Å². The van der Waals surface area contributed by atoms with Crippen molar-refractivity contribution >= 4 is 22.5 Å². The number of aliphatic hydroxyl groups excluding tert-OH is 1. The summed E-state index contributed by atoms with van der Waals surface area (Å²) in [5.41, 5.74) is 0.128. The third-order valence-electron chi connectivity index (χ3n) is 3.84. The number of nitrogens with zero attached hydrogens (tertiary/aromatic N) is 2. The molecule has 3 nitrogen and oxygen atoms in total. The minimum absolute atomic E-state index is 0.0494. The third-order valence-corrected chi connectivity index (χ3v) is 4.07. The van der Waals surface area contributed by atoms with Gasteiger partial charge in [-0.15, -0.1) is 0 Å². The molecule has 0 spiro atoms. The van der Waals surface area contributed by atoms with Gasteiger partial charge in [-0.3, -0.25) is 4.68 Å². The predicted octanol–water partition coefficient (Wildman–Crippen LogP) is 4.43. The lowest BCUT2D eigenvalue weighted by atomic mass is 10.1. The quantitative estimate of drug-likeness (QED) is 0.688. The average molecular weight is 373 g/mol. The van der Waals surface area contributed by atoms with Crippen molar-refractivity contribution in [1.29, 1.82) is 0 Å². The monoisotopic (exact) mass is 372 g/mol. The third kappa shape index (κ3) is 3.62. The van der Waals surface area contributed by atoms with Gasteiger partial charge in [-0.25, -0.2) is 4.39 Å². The van der Waals surface area contributed by atoms with E-state index >= 15 is 0 Å². The van der Waals surface area contributed by atoms with Crippen LogP contribution in [-0.4, -0.2) is 21.5 Å². The number of rotatable bonds is 4. The molecule has 3 aromatic rings. The molecule has 0 aliphatic heterocycles. The summed E-state index contributed by atoms with van der Waals surface area (Å²) in [5, 5.41) is 14.1. The second kappa shape index (κ2) is 6.65. The van der Waals surface area contributed by atoms with Crippen LogP contribution in [0.4, 0.5) is 17.6 Å². The van der Waals surface area contributed by atoms with Crippen molar-refractivity contribution in [2.45, 2.75) is 19.1 Å². The molecule has 2 aromatic carbocycles. The Morgan fingerprint density at radius 2 is 1.88 bits per heavy atom. The number of halogens is 5. The number of aromatic nitrogens is 2. The Kier molecular flexibility index (Phi) is 4.71. The van der Waals surface area contributed by atoms with Crippen molar-refractivity contribution in [3.63, 3.8) is 0 Å². The van der Waals surface area contributed by atoms with Crippen LogP contribution < -0.4 is 0 Å². The minimum Gasteiger partial charge on any atom is -0.396 e. The first kappa shape index (κ1) is 17.7. The zero-order valence-electron chi connectivity index (χ0n) is 12.8. The molecule has 0 aliphatic rings. The summed E-state index contributed by atoms with van der Waals surface area (Å²) in [4.78, 5) is 0. The van der Waals surface area contributed by atoms with E-state index in [1.54, 1.807) is 0 Å². The fourth-order valence-electron chi connectivity index (χ4n) is 2.64. The van der Waals surface area contributed by atoms with E-state index in [1.165, 1.54) is 22.9 Å². The number of hydrogen-bond acceptors (Lipinski definition) is 2. The fraction of sp³-hybridized carbons (Fsp3) is 0.235. The molecule has 1 aromatic heterocycles. The number of hydrogen-bond donors (Lipinski definition) is 1. The lowest BCUT2D eigenvalue weighted by molar-refractivity contribution is -0.137. The normalized spacial score (nSPS) is 12.1. The molecule has 1 heterocycles. The first-order valence-electron chi connectivity index (χ1n) is 7.41. The van der Waals surface area contributed by atoms with Gasteiger partial charge < -0.3 is 5.11 Å². The maximum absolute atomic E-state index is 14.0. The molecule has 0 amide bonds. The minimum atomic E-state index is -4.49. The topological polar surface area (TPSA) is 38.1 Å². The number of fused-ring (bicyclic) bond motifs is 1. The summed E-state index contributed by atoms with van der Waals surface area (Å²) in [5.74, 6) is -0.563. The van der Waals surface area contributed by atoms with Crippen molar-refractivity contribution in [1.82, 2.24) is 9.78 Å². The summed E-state index contributed by atoms with van der Waals surface area (Å²) >= 11 is 5.72. The van der Waals surface area contributed by atoms with Gasteiger partial charge in [0.1, 0.15) is 5.82 Å². The van der Waals surface area contributed by atoms with Gasteiger partial charge in [0, 0.05) is 29.0 Å². The summed E-state index contributed by atoms with van der Waals surface area (Å²) in [6.45, 7) is -0.241. The Morgan fingerprint density at radius 1 is 1.12 bits per heavy atom. The molecule has 0 unspecified atom stereocenters. The number of alkyl halides is 3. The molecular formula is C17H13ClF4N2O. The van der Waals surface area contributed by atoms with E-state index < -0.39 is 17.6 Å². The van der Waals surface area contributed by atoms with Crippen LogP contribution >= 0.6 is 11.6 Å². The van der Waals surface area contributed by atoms with Gasteiger partial charge >= 0.3 is 6.18 Å². The van der Waals surface area contributed by atoms with Crippen molar-refractivity contribution in [2.24, 2.45) is 0 Å². The lowest BCUT2D eigenvalue weighted by Crippen LogP contribution is -2.07. The van der Waals surface area contributed by atoms with E-state index in [9.17, 15) is 17.6 Å². The summed E-state index contributed by atoms with van der Waals surface area (Å²) in [6, 6.07) is 7.38. The highest BCUT2D eigenvalue weighted by Gasteiger charge is 2.31. The van der Waals surface area contributed by atoms with Gasteiger partial charge in [0.25, 0.3) is 0 Å². The van der Waals surface area contributed by atoms with Crippen LogP contribution in [-0.2, 0) is 19.1 Å². The maximum atomic E-state index is 14.0. The fourth-order valence-corrected chi connectivity index (χ4v) is 2.80. The van der Waals surface area contributed by atoms with Gasteiger partial charge in [-0.2, -0.15) is 18.3 Å². The van der Waals surface area contributed by atoms with E-state index in [2.05, 4.69) is 5.10 Å². The van der Waals surface area contributed by atoms with Crippen LogP contribution in [0.1, 0.15) is 16.8 Å². The Bertz CT molecular complexity index is 921. The lowest BCUT2D eigenvalue weighted by Gasteiger charge is -2.09. The zero-order valence-corrected chi connectivity index (χ0v) is 13.6. The maximum Gasteiger partial charge on any atom is 0.416 e. The largest absolute Gasteiger partial charge is 0.416 e. The second-order valence-electron chi connectivity index (χ2n) is 5.54. The first-order chi connectivity index (χ1) is 11.8. The van der Waals surface area contributed by atoms with Crippen molar-refractivity contribution in [3.05, 3.63) is 64.1 Å². The molecule has 0 saturated carbocycles. The van der Waals surface area contributed by atoms with Crippen LogP contribution in [0.25, 0.3) is 10.9 Å². The van der Waals surface area contributed by atoms with E-state index in [0.717, 1.165) is 18.2 Å². The van der Waals surface area contributed by atoms with Gasteiger partial charge in [0.05, 0.1) is 23.3 Å². The SMILES string of the molecule is OCCc1nn(Cc2ccc(Cl)cc2F)c2cc(C(F)(F)F)ccc12. The van der Waals surface area contributed by atoms with Crippen LogP contribution in [0.2, 0.25) is 5.02 Å². The van der Waals surface area contributed by atoms with Crippen LogP contribution in [0.3, 0.4) is 0 Å². The van der Waals surface area contributed by atoms with E-state index in [4.69, 9.17) is 16.7 Å². The Hall–Kier alpha value is -2.12. The smallest absolute Gasteiger partial charge is 0.396 e. The first-order valence-corrected chi connectivity index (χ1v) is 7.79. The highest BCUT2D eigenvalue weighted by Crippen LogP contribution is 2.32. The molecule has 0 fully saturated rings. The van der Waals surface area contributed by atoms with Crippen molar-refractivity contribution in [2.75, 3.05) is 6.61 Å². The zero-order chi connectivity index (χ0) is 18.2. The van der Waals surface area contributed by atoms with Gasteiger partial charge in [0.2, 0.25) is 0 Å². The predicted molar refractivity (Wildman–Crippen MR) is 86.0 cm³/mol. The molecule has 0 atom stereocenters. The standard InChI is InChI=1S/C17H13ClF4N2O/c18-12-3-1-10(14(19)8-12)9-24-16-7-11(17(20,21)22)2-4-13(16)15(23-24)5-6-25/h1-4,7-8,25H,5-6,9H2. The van der Waals surface area contributed by atoms with Gasteiger partial charge in [-0.1, -0.05) is 23.7 Å². The Balaban J connectivity index is 2.12. The van der Waals surface area contributed by atoms with Crippen LogP contribution in [0.5, 0.6) is 0 Å². The average Bonchev–Trinajstić information content (AvgIpc) is 2.87. The summed E-state index contributed by atoms with van der Waals surface area (Å²) < 4.78 is 54.3. The van der Waals surface area contributed by atoms with Gasteiger partial charge in [0.15, 0.2) is 0 Å². The summed E-state index contributed by atoms with van der Waals surface area (Å²) in [6.07, 6.45) is -4.30. The molecule has 0 bridgehead atoms. The Morgan fingerprint density at radius 3 is 2.52 bits per heavy atom. The molecule has 8 heteroatoms. The van der Waals surface area contributed by atoms with Gasteiger partial charge in [-0.05, 0) is 24.3 Å². The molecule has 1 N–H and O–H groups in total. The molecule has 0 aliphatic carbocycles. The van der Waals surface area contributed by atoms with E-state index in [0.29, 0.717) is 11.1 Å². The second-order valence-corrected chi connectivity index (χ2v) is 5.98. The van der Waals surface area contributed by atoms with Crippen LogP contribution in [0, 0.1) is 5.82 Å². The van der Waals surface area contributed by atoms with E-state index in [1.807, 2.05) is 0 Å². The molecule has 0 saturated heterocycles. The van der Waals surface area contributed by atoms with E-state index in [-0.39, 0.29) is 35.7 Å². The number of benzene rings is 2. The molecular weight excluding hydrogens is 360 g/mol. The highest BCUT2D eigenvalue weighted by molar-refractivity contribution is 6.30. The van der Waals surface area contributed by atoms with Crippen LogP contribution in [0.15, 0.2) is 36.4 Å².